The number of likely N-dealkylation sites (tertiary alicyclic amines) is 1. The third kappa shape index (κ3) is 3.72. The molecular weight excluding hydrogens is 236 g/mol. The van der Waals surface area contributed by atoms with Crippen molar-refractivity contribution in [2.75, 3.05) is 20.1 Å². The third-order valence-corrected chi connectivity index (χ3v) is 3.87. The first-order valence-electron chi connectivity index (χ1n) is 7.23. The number of benzene rings is 1. The molecule has 0 spiro atoms. The highest BCUT2D eigenvalue weighted by molar-refractivity contribution is 5.74. The molecule has 3 heteroatoms. The zero-order valence-electron chi connectivity index (χ0n) is 12.1. The van der Waals surface area contributed by atoms with Gasteiger partial charge in [0.15, 0.2) is 0 Å². The van der Waals surface area contributed by atoms with Crippen LogP contribution in [-0.4, -0.2) is 36.0 Å². The topological polar surface area (TPSA) is 23.6 Å². The first-order chi connectivity index (χ1) is 9.18. The van der Waals surface area contributed by atoms with Crippen LogP contribution in [0, 0.1) is 6.92 Å². The third-order valence-electron chi connectivity index (χ3n) is 3.87. The predicted molar refractivity (Wildman–Crippen MR) is 78.1 cm³/mol. The molecule has 19 heavy (non-hydrogen) atoms. The van der Waals surface area contributed by atoms with Crippen LogP contribution in [0.15, 0.2) is 24.3 Å². The van der Waals surface area contributed by atoms with Crippen LogP contribution < -0.4 is 0 Å². The summed E-state index contributed by atoms with van der Waals surface area (Å²) in [5, 5.41) is 0. The molecule has 1 aromatic carbocycles. The van der Waals surface area contributed by atoms with Gasteiger partial charge in [-0.3, -0.25) is 0 Å². The van der Waals surface area contributed by atoms with Gasteiger partial charge in [0.1, 0.15) is 0 Å². The summed E-state index contributed by atoms with van der Waals surface area (Å²) in [6, 6.07) is 8.44. The van der Waals surface area contributed by atoms with Gasteiger partial charge in [0.05, 0.1) is 0 Å². The van der Waals surface area contributed by atoms with E-state index >= 15 is 0 Å². The average Bonchev–Trinajstić information content (AvgIpc) is 2.69. The minimum absolute atomic E-state index is 0.171. The van der Waals surface area contributed by atoms with Crippen molar-refractivity contribution < 1.29 is 4.79 Å². The van der Waals surface area contributed by atoms with Gasteiger partial charge in [-0.15, -0.1) is 0 Å². The van der Waals surface area contributed by atoms with Gasteiger partial charge in [-0.05, 0) is 30.9 Å². The highest BCUT2D eigenvalue weighted by atomic mass is 16.2. The second kappa shape index (κ2) is 6.60. The first-order valence-corrected chi connectivity index (χ1v) is 7.23. The summed E-state index contributed by atoms with van der Waals surface area (Å²) in [4.78, 5) is 16.3. The van der Waals surface area contributed by atoms with Crippen molar-refractivity contribution in [2.45, 2.75) is 39.2 Å². The number of urea groups is 1. The summed E-state index contributed by atoms with van der Waals surface area (Å²) in [6.07, 6.45) is 4.80. The summed E-state index contributed by atoms with van der Waals surface area (Å²) in [5.74, 6) is 0. The van der Waals surface area contributed by atoms with Crippen LogP contribution in [0.2, 0.25) is 0 Å². The molecule has 2 rings (SSSR count). The Labute approximate surface area is 116 Å². The normalized spacial score (nSPS) is 16.0. The van der Waals surface area contributed by atoms with Crippen molar-refractivity contribution in [3.8, 4) is 0 Å². The zero-order chi connectivity index (χ0) is 13.7. The molecule has 0 atom stereocenters. The smallest absolute Gasteiger partial charge is 0.320 e. The molecule has 1 heterocycles. The Bertz CT molecular complexity index is 423. The zero-order valence-corrected chi connectivity index (χ0v) is 12.1. The molecule has 1 saturated heterocycles. The maximum absolute atomic E-state index is 12.4. The molecule has 2 amide bonds. The highest BCUT2D eigenvalue weighted by Crippen LogP contribution is 2.14. The van der Waals surface area contributed by atoms with Crippen LogP contribution >= 0.6 is 0 Å². The molecule has 0 bridgehead atoms. The molecule has 104 valence electrons. The van der Waals surface area contributed by atoms with Gasteiger partial charge in [-0.1, -0.05) is 37.1 Å². The number of hydrogen-bond acceptors (Lipinski definition) is 1. The monoisotopic (exact) mass is 260 g/mol. The van der Waals surface area contributed by atoms with E-state index < -0.39 is 0 Å². The Morgan fingerprint density at radius 2 is 1.79 bits per heavy atom. The van der Waals surface area contributed by atoms with Crippen LogP contribution in [0.5, 0.6) is 0 Å². The molecule has 0 saturated carbocycles. The molecule has 0 unspecified atom stereocenters. The SMILES string of the molecule is Cc1ccccc1CN(C)C(=O)N1CCCCCC1. The van der Waals surface area contributed by atoms with Gasteiger partial charge in [0.25, 0.3) is 0 Å². The Morgan fingerprint density at radius 1 is 1.16 bits per heavy atom. The van der Waals surface area contributed by atoms with Crippen molar-refractivity contribution in [1.82, 2.24) is 9.80 Å². The van der Waals surface area contributed by atoms with Crippen molar-refractivity contribution in [2.24, 2.45) is 0 Å². The molecule has 1 aromatic rings. The predicted octanol–water partition coefficient (Wildman–Crippen LogP) is 3.42. The summed E-state index contributed by atoms with van der Waals surface area (Å²) < 4.78 is 0. The van der Waals surface area contributed by atoms with E-state index in [4.69, 9.17) is 0 Å². The molecule has 1 aliphatic heterocycles. The van der Waals surface area contributed by atoms with E-state index in [9.17, 15) is 4.79 Å². The van der Waals surface area contributed by atoms with Crippen LogP contribution in [0.4, 0.5) is 4.79 Å². The Morgan fingerprint density at radius 3 is 2.42 bits per heavy atom. The second-order valence-electron chi connectivity index (χ2n) is 5.47. The van der Waals surface area contributed by atoms with Crippen molar-refractivity contribution in [1.29, 1.82) is 0 Å². The fraction of sp³-hybridized carbons (Fsp3) is 0.562. The summed E-state index contributed by atoms with van der Waals surface area (Å²) in [6.45, 7) is 4.62. The van der Waals surface area contributed by atoms with Crippen LogP contribution in [0.1, 0.15) is 36.8 Å². The fourth-order valence-corrected chi connectivity index (χ4v) is 2.61. The van der Waals surface area contributed by atoms with E-state index in [0.29, 0.717) is 6.54 Å². The van der Waals surface area contributed by atoms with Crippen LogP contribution in [0.3, 0.4) is 0 Å². The van der Waals surface area contributed by atoms with Gasteiger partial charge in [-0.2, -0.15) is 0 Å². The van der Waals surface area contributed by atoms with Gasteiger partial charge < -0.3 is 9.80 Å². The highest BCUT2D eigenvalue weighted by Gasteiger charge is 2.19. The first kappa shape index (κ1) is 13.9. The molecule has 0 radical (unpaired) electrons. The maximum Gasteiger partial charge on any atom is 0.320 e. The number of carbonyl (C=O) groups excluding carboxylic acids is 1. The summed E-state index contributed by atoms with van der Waals surface area (Å²) in [7, 11) is 1.90. The Kier molecular flexibility index (Phi) is 4.83. The summed E-state index contributed by atoms with van der Waals surface area (Å²) >= 11 is 0. The maximum atomic E-state index is 12.4. The summed E-state index contributed by atoms with van der Waals surface area (Å²) in [5.41, 5.74) is 2.48. The molecule has 3 nitrogen and oxygen atoms in total. The second-order valence-corrected chi connectivity index (χ2v) is 5.47. The lowest BCUT2D eigenvalue weighted by Gasteiger charge is -2.27. The van der Waals surface area contributed by atoms with E-state index in [0.717, 1.165) is 25.9 Å². The van der Waals surface area contributed by atoms with E-state index in [-0.39, 0.29) is 6.03 Å². The number of aryl methyl sites for hydroxylation is 1. The molecule has 0 aliphatic carbocycles. The number of carbonyl (C=O) groups is 1. The molecule has 0 N–H and O–H groups in total. The Hall–Kier alpha value is -1.51. The molecular formula is C16H24N2O. The lowest BCUT2D eigenvalue weighted by molar-refractivity contribution is 0.162. The molecule has 1 aliphatic rings. The van der Waals surface area contributed by atoms with E-state index in [1.165, 1.54) is 24.0 Å². The number of rotatable bonds is 2. The van der Waals surface area contributed by atoms with Crippen LogP contribution in [0.25, 0.3) is 0 Å². The van der Waals surface area contributed by atoms with Crippen LogP contribution in [-0.2, 0) is 6.54 Å². The largest absolute Gasteiger partial charge is 0.325 e. The minimum Gasteiger partial charge on any atom is -0.325 e. The lowest BCUT2D eigenvalue weighted by Crippen LogP contribution is -2.41. The number of hydrogen-bond donors (Lipinski definition) is 0. The standard InChI is InChI=1S/C16H24N2O/c1-14-9-5-6-10-15(14)13-17(2)16(19)18-11-7-3-4-8-12-18/h5-6,9-10H,3-4,7-8,11-13H2,1-2H3. The minimum atomic E-state index is 0.171. The van der Waals surface area contributed by atoms with E-state index in [1.54, 1.807) is 0 Å². The number of amides is 2. The number of nitrogens with zero attached hydrogens (tertiary/aromatic N) is 2. The molecule has 0 aromatic heterocycles. The Balaban J connectivity index is 1.97. The van der Waals surface area contributed by atoms with E-state index in [2.05, 4.69) is 19.1 Å². The van der Waals surface area contributed by atoms with Crippen molar-refractivity contribution in [3.05, 3.63) is 35.4 Å². The van der Waals surface area contributed by atoms with Gasteiger partial charge >= 0.3 is 6.03 Å². The average molecular weight is 260 g/mol. The quantitative estimate of drug-likeness (QED) is 0.799. The van der Waals surface area contributed by atoms with E-state index in [1.807, 2.05) is 29.0 Å². The van der Waals surface area contributed by atoms with Gasteiger partial charge in [-0.25, -0.2) is 4.79 Å². The fourth-order valence-electron chi connectivity index (χ4n) is 2.61. The lowest BCUT2D eigenvalue weighted by atomic mass is 10.1. The van der Waals surface area contributed by atoms with Crippen molar-refractivity contribution in [3.63, 3.8) is 0 Å². The van der Waals surface area contributed by atoms with Crippen molar-refractivity contribution >= 4 is 6.03 Å². The van der Waals surface area contributed by atoms with Gasteiger partial charge in [0, 0.05) is 26.7 Å². The molecule has 1 fully saturated rings. The van der Waals surface area contributed by atoms with Gasteiger partial charge in [0.2, 0.25) is 0 Å².